The molecule has 0 saturated carbocycles. The molecule has 0 aliphatic carbocycles. The number of hydrogen-bond donors (Lipinski definition) is 2. The molecule has 1 fully saturated rings. The first-order chi connectivity index (χ1) is 5.35. The van der Waals surface area contributed by atoms with Gasteiger partial charge >= 0.3 is 0 Å². The molecule has 1 rings (SSSR count). The molecule has 72 valence electrons. The summed E-state index contributed by atoms with van der Waals surface area (Å²) in [6.07, 6.45) is 1.68. The van der Waals surface area contributed by atoms with Gasteiger partial charge in [-0.15, -0.1) is 0 Å². The topological polar surface area (TPSA) is 41.5 Å². The minimum absolute atomic E-state index is 0.0313. The van der Waals surface area contributed by atoms with Gasteiger partial charge in [0, 0.05) is 11.1 Å². The van der Waals surface area contributed by atoms with E-state index in [4.69, 9.17) is 5.26 Å². The van der Waals surface area contributed by atoms with Crippen LogP contribution in [-0.4, -0.2) is 22.4 Å². The number of rotatable bonds is 1. The zero-order valence-corrected chi connectivity index (χ0v) is 8.35. The highest BCUT2D eigenvalue weighted by molar-refractivity contribution is 4.97. The van der Waals surface area contributed by atoms with E-state index in [1.165, 1.54) is 0 Å². The van der Waals surface area contributed by atoms with E-state index < -0.39 is 0 Å². The molecule has 2 N–H and O–H groups in total. The van der Waals surface area contributed by atoms with Gasteiger partial charge in [0.05, 0.1) is 6.10 Å². The molecule has 1 aliphatic rings. The normalized spacial score (nSPS) is 28.8. The SMILES string of the molecule is CC1(C)CC(OO)CC(C)(C)N1. The Kier molecular flexibility index (Phi) is 2.47. The third kappa shape index (κ3) is 2.44. The fraction of sp³-hybridized carbons (Fsp3) is 1.00. The molecule has 12 heavy (non-hydrogen) atoms. The van der Waals surface area contributed by atoms with Crippen molar-refractivity contribution in [2.24, 2.45) is 0 Å². The van der Waals surface area contributed by atoms with E-state index in [9.17, 15) is 0 Å². The minimum Gasteiger partial charge on any atom is -0.307 e. The molecule has 3 heteroatoms. The number of hydrogen-bond acceptors (Lipinski definition) is 3. The molecule has 0 spiro atoms. The van der Waals surface area contributed by atoms with Crippen LogP contribution in [0, 0.1) is 0 Å². The van der Waals surface area contributed by atoms with Crippen LogP contribution < -0.4 is 5.32 Å². The van der Waals surface area contributed by atoms with E-state index in [2.05, 4.69) is 37.9 Å². The Hall–Kier alpha value is -0.120. The average molecular weight is 173 g/mol. The summed E-state index contributed by atoms with van der Waals surface area (Å²) >= 11 is 0. The van der Waals surface area contributed by atoms with Gasteiger partial charge in [0.25, 0.3) is 0 Å². The van der Waals surface area contributed by atoms with Gasteiger partial charge < -0.3 is 5.32 Å². The fourth-order valence-corrected chi connectivity index (χ4v) is 2.30. The van der Waals surface area contributed by atoms with E-state index in [1.807, 2.05) is 0 Å². The molecular formula is C9H19NO2. The highest BCUT2D eigenvalue weighted by Gasteiger charge is 2.38. The molecule has 0 atom stereocenters. The standard InChI is InChI=1S/C9H19NO2/c1-8(2)5-7(12-11)6-9(3,4)10-8/h7,10-11H,5-6H2,1-4H3. The molecule has 0 radical (unpaired) electrons. The van der Waals surface area contributed by atoms with Crippen molar-refractivity contribution in [2.75, 3.05) is 0 Å². The van der Waals surface area contributed by atoms with Crippen molar-refractivity contribution in [1.82, 2.24) is 5.32 Å². The van der Waals surface area contributed by atoms with E-state index in [-0.39, 0.29) is 17.2 Å². The Bertz CT molecular complexity index is 150. The maximum atomic E-state index is 8.63. The second kappa shape index (κ2) is 2.98. The molecule has 0 aromatic carbocycles. The van der Waals surface area contributed by atoms with E-state index in [0.717, 1.165) is 12.8 Å². The van der Waals surface area contributed by atoms with Crippen molar-refractivity contribution in [2.45, 2.75) is 57.7 Å². The Balaban J connectivity index is 2.66. The molecule has 0 amide bonds. The van der Waals surface area contributed by atoms with Crippen LogP contribution >= 0.6 is 0 Å². The smallest absolute Gasteiger partial charge is 0.0962 e. The molecule has 0 unspecified atom stereocenters. The molecular weight excluding hydrogens is 154 g/mol. The van der Waals surface area contributed by atoms with Crippen LogP contribution in [0.3, 0.4) is 0 Å². The first-order valence-corrected chi connectivity index (χ1v) is 4.44. The molecule has 0 aromatic heterocycles. The second-order valence-corrected chi connectivity index (χ2v) is 5.03. The summed E-state index contributed by atoms with van der Waals surface area (Å²) in [6.45, 7) is 8.50. The van der Waals surface area contributed by atoms with Crippen LogP contribution in [0.5, 0.6) is 0 Å². The van der Waals surface area contributed by atoms with Crippen LogP contribution in [0.15, 0.2) is 0 Å². The van der Waals surface area contributed by atoms with Gasteiger partial charge in [-0.1, -0.05) is 0 Å². The summed E-state index contributed by atoms with van der Waals surface area (Å²) in [4.78, 5) is 4.42. The van der Waals surface area contributed by atoms with Crippen LogP contribution in [0.1, 0.15) is 40.5 Å². The quantitative estimate of drug-likeness (QED) is 0.469. The van der Waals surface area contributed by atoms with E-state index >= 15 is 0 Å². The lowest BCUT2D eigenvalue weighted by molar-refractivity contribution is -0.291. The minimum atomic E-state index is -0.0313. The summed E-state index contributed by atoms with van der Waals surface area (Å²) in [6, 6.07) is 0. The van der Waals surface area contributed by atoms with Gasteiger partial charge in [-0.2, -0.15) is 0 Å². The van der Waals surface area contributed by atoms with Crippen molar-refractivity contribution < 1.29 is 10.1 Å². The number of piperidine rings is 1. The molecule has 1 heterocycles. The van der Waals surface area contributed by atoms with Gasteiger partial charge in [-0.3, -0.25) is 5.26 Å². The maximum Gasteiger partial charge on any atom is 0.0962 e. The molecule has 1 aliphatic heterocycles. The van der Waals surface area contributed by atoms with Crippen molar-refractivity contribution in [1.29, 1.82) is 0 Å². The lowest BCUT2D eigenvalue weighted by atomic mass is 9.81. The van der Waals surface area contributed by atoms with Gasteiger partial charge in [-0.25, -0.2) is 4.89 Å². The van der Waals surface area contributed by atoms with Crippen molar-refractivity contribution in [3.8, 4) is 0 Å². The third-order valence-corrected chi connectivity index (χ3v) is 2.30. The average Bonchev–Trinajstić information content (AvgIpc) is 1.80. The summed E-state index contributed by atoms with van der Waals surface area (Å²) in [7, 11) is 0. The van der Waals surface area contributed by atoms with Crippen LogP contribution in [0.2, 0.25) is 0 Å². The molecule has 3 nitrogen and oxygen atoms in total. The largest absolute Gasteiger partial charge is 0.307 e. The van der Waals surface area contributed by atoms with Gasteiger partial charge in [-0.05, 0) is 40.5 Å². The molecule has 1 saturated heterocycles. The van der Waals surface area contributed by atoms with Crippen LogP contribution in [0.25, 0.3) is 0 Å². The fourth-order valence-electron chi connectivity index (χ4n) is 2.30. The van der Waals surface area contributed by atoms with Crippen molar-refractivity contribution >= 4 is 0 Å². The number of nitrogens with one attached hydrogen (secondary N) is 1. The predicted octanol–water partition coefficient (Wildman–Crippen LogP) is 1.79. The first-order valence-electron chi connectivity index (χ1n) is 4.44. The van der Waals surface area contributed by atoms with Crippen molar-refractivity contribution in [3.63, 3.8) is 0 Å². The monoisotopic (exact) mass is 173 g/mol. The van der Waals surface area contributed by atoms with E-state index in [1.54, 1.807) is 0 Å². The highest BCUT2D eigenvalue weighted by atomic mass is 17.1. The molecule has 0 aromatic rings. The van der Waals surface area contributed by atoms with Crippen molar-refractivity contribution in [3.05, 3.63) is 0 Å². The second-order valence-electron chi connectivity index (χ2n) is 5.03. The summed E-state index contributed by atoms with van der Waals surface area (Å²) in [5.41, 5.74) is 0.101. The van der Waals surface area contributed by atoms with E-state index in [0.29, 0.717) is 0 Å². The Morgan fingerprint density at radius 1 is 1.17 bits per heavy atom. The Morgan fingerprint density at radius 3 is 1.92 bits per heavy atom. The van der Waals surface area contributed by atoms with Gasteiger partial charge in [0.2, 0.25) is 0 Å². The summed E-state index contributed by atoms with van der Waals surface area (Å²) in [5.74, 6) is 0. The van der Waals surface area contributed by atoms with Gasteiger partial charge in [0.15, 0.2) is 0 Å². The first kappa shape index (κ1) is 9.96. The van der Waals surface area contributed by atoms with Gasteiger partial charge in [0.1, 0.15) is 0 Å². The third-order valence-electron chi connectivity index (χ3n) is 2.30. The van der Waals surface area contributed by atoms with Crippen LogP contribution in [-0.2, 0) is 4.89 Å². The summed E-state index contributed by atoms with van der Waals surface area (Å²) in [5, 5.41) is 12.1. The summed E-state index contributed by atoms with van der Waals surface area (Å²) < 4.78 is 0. The Morgan fingerprint density at radius 2 is 1.58 bits per heavy atom. The zero-order valence-electron chi connectivity index (χ0n) is 8.35. The predicted molar refractivity (Wildman–Crippen MR) is 48.0 cm³/mol. The maximum absolute atomic E-state index is 8.63. The lowest BCUT2D eigenvalue weighted by Gasteiger charge is -2.45. The lowest BCUT2D eigenvalue weighted by Crippen LogP contribution is -2.59. The molecule has 0 bridgehead atoms. The highest BCUT2D eigenvalue weighted by Crippen LogP contribution is 2.29. The Labute approximate surface area is 74.0 Å². The van der Waals surface area contributed by atoms with Crippen LogP contribution in [0.4, 0.5) is 0 Å². The zero-order chi connectivity index (χ0) is 9.41.